The molecule has 1 aliphatic rings. The van der Waals surface area contributed by atoms with E-state index in [-0.39, 0.29) is 53.7 Å². The zero-order chi connectivity index (χ0) is 15.5. The predicted octanol–water partition coefficient (Wildman–Crippen LogP) is -5.21. The first-order valence-corrected chi connectivity index (χ1v) is 6.54. The van der Waals surface area contributed by atoms with Crippen molar-refractivity contribution in [2.24, 2.45) is 11.5 Å². The number of halogens is 1. The molecule has 0 atom stereocenters. The molecule has 7 nitrogen and oxygen atoms in total. The van der Waals surface area contributed by atoms with Crippen molar-refractivity contribution in [1.82, 2.24) is 10.6 Å². The Labute approximate surface area is 148 Å². The Morgan fingerprint density at radius 2 is 1.75 bits per heavy atom. The molecule has 0 aliphatic carbocycles. The average molecular weight is 321 g/mol. The van der Waals surface area contributed by atoms with Crippen LogP contribution < -0.4 is 56.8 Å². The van der Waals surface area contributed by atoms with Crippen molar-refractivity contribution in [2.75, 3.05) is 45.2 Å². The van der Waals surface area contributed by atoms with Gasteiger partial charge in [0.25, 0.3) is 0 Å². The van der Waals surface area contributed by atoms with E-state index in [4.69, 9.17) is 28.2 Å². The van der Waals surface area contributed by atoms with Gasteiger partial charge in [-0.15, -0.1) is 18.2 Å². The molecule has 1 amide bonds. The van der Waals surface area contributed by atoms with Crippen LogP contribution in [0.25, 0.3) is 0 Å². The molecule has 0 aromatic carbocycles. The number of hydrogen-bond acceptors (Lipinski definition) is 6. The second-order valence-corrected chi connectivity index (χ2v) is 3.50. The van der Waals surface area contributed by atoms with Crippen molar-refractivity contribution < 1.29 is 44.3 Å². The van der Waals surface area contributed by atoms with Gasteiger partial charge in [0.1, 0.15) is 5.78 Å². The van der Waals surface area contributed by atoms with Crippen LogP contribution in [-0.2, 0) is 9.59 Å². The van der Waals surface area contributed by atoms with E-state index in [0.717, 1.165) is 13.1 Å². The van der Waals surface area contributed by atoms with Crippen LogP contribution in [0.1, 0.15) is 13.8 Å². The van der Waals surface area contributed by atoms with Crippen molar-refractivity contribution in [2.45, 2.75) is 13.8 Å². The monoisotopic (exact) mass is 320 g/mol. The summed E-state index contributed by atoms with van der Waals surface area (Å²) in [6, 6.07) is 0. The first kappa shape index (κ1) is 28.4. The summed E-state index contributed by atoms with van der Waals surface area (Å²) in [5.74, 6) is 0.262. The molecule has 6 N–H and O–H groups in total. The zero-order valence-corrected chi connectivity index (χ0v) is 15.5. The van der Waals surface area contributed by atoms with Gasteiger partial charge in [0.05, 0.1) is 12.4 Å². The number of carbonyl (C=O) groups is 2. The second-order valence-electron chi connectivity index (χ2n) is 3.23. The Kier molecular flexibility index (Phi) is 39.2. The van der Waals surface area contributed by atoms with Crippen LogP contribution >= 0.6 is 11.6 Å². The van der Waals surface area contributed by atoms with E-state index in [9.17, 15) is 9.59 Å². The van der Waals surface area contributed by atoms with Crippen molar-refractivity contribution in [3.63, 3.8) is 0 Å². The molecule has 0 aromatic heterocycles. The number of nitrogens with one attached hydrogen (secondary N) is 2. The van der Waals surface area contributed by atoms with Gasteiger partial charge in [-0.3, -0.25) is 9.59 Å². The molecule has 1 fully saturated rings. The van der Waals surface area contributed by atoms with Gasteiger partial charge in [-0.25, -0.2) is 0 Å². The molecule has 1 rings (SSSR count). The van der Waals surface area contributed by atoms with Crippen molar-refractivity contribution >= 4 is 23.3 Å². The minimum atomic E-state index is 0. The Hall–Kier alpha value is 0.270. The molecule has 0 bridgehead atoms. The Morgan fingerprint density at radius 3 is 1.85 bits per heavy atom. The maximum Gasteiger partial charge on any atom is 1.00 e. The van der Waals surface area contributed by atoms with Gasteiger partial charge in [0.15, 0.2) is 0 Å². The van der Waals surface area contributed by atoms with Crippen LogP contribution in [0.15, 0.2) is 0 Å². The summed E-state index contributed by atoms with van der Waals surface area (Å²) >= 11 is 4.99. The summed E-state index contributed by atoms with van der Waals surface area (Å²) in [5, 5.41) is 14.5. The van der Waals surface area contributed by atoms with Crippen molar-refractivity contribution in [3.05, 3.63) is 0 Å². The number of rotatable bonds is 2. The van der Waals surface area contributed by atoms with Crippen LogP contribution in [0.2, 0.25) is 0 Å². The summed E-state index contributed by atoms with van der Waals surface area (Å²) < 4.78 is 0. The summed E-state index contributed by atoms with van der Waals surface area (Å²) in [6.07, 6.45) is 0. The van der Waals surface area contributed by atoms with Gasteiger partial charge >= 0.3 is 29.6 Å². The van der Waals surface area contributed by atoms with Gasteiger partial charge in [-0.05, 0) is 6.92 Å². The Morgan fingerprint density at radius 1 is 1.35 bits per heavy atom. The molecule has 116 valence electrons. The maximum absolute atomic E-state index is 10.3. The third kappa shape index (κ3) is 42.9. The molecule has 0 aromatic rings. The number of hydrogen-bond donors (Lipinski definition) is 4. The summed E-state index contributed by atoms with van der Waals surface area (Å²) in [6.45, 7) is 6.39. The average Bonchev–Trinajstić information content (AvgIpc) is 2.41. The summed E-state index contributed by atoms with van der Waals surface area (Å²) in [4.78, 5) is 20.0. The summed E-state index contributed by atoms with van der Waals surface area (Å²) in [5.41, 5.74) is 9.81. The molecule has 0 unspecified atom stereocenters. The minimum Gasteiger partial charge on any atom is -0.855 e. The molecule has 0 spiro atoms. The van der Waals surface area contributed by atoms with E-state index >= 15 is 0 Å². The predicted molar refractivity (Wildman–Crippen MR) is 75.9 cm³/mol. The number of alkyl halides is 1. The first-order chi connectivity index (χ1) is 8.99. The van der Waals surface area contributed by atoms with Gasteiger partial charge < -0.3 is 27.2 Å². The molecule has 9 heteroatoms. The van der Waals surface area contributed by atoms with Crippen LogP contribution in [-0.4, -0.2) is 56.9 Å². The Balaban J connectivity index is -0.0000000888. The minimum absolute atomic E-state index is 0. The smallest absolute Gasteiger partial charge is 0.855 e. The number of ketones is 1. The van der Waals surface area contributed by atoms with E-state index in [1.54, 1.807) is 6.92 Å². The summed E-state index contributed by atoms with van der Waals surface area (Å²) in [7, 11) is 0. The number of nitrogens with two attached hydrogens (primary N) is 2. The number of amides is 1. The van der Waals surface area contributed by atoms with Gasteiger partial charge in [0, 0.05) is 26.2 Å². The third-order valence-corrected chi connectivity index (χ3v) is 1.64. The second kappa shape index (κ2) is 27.6. The fourth-order valence-electron chi connectivity index (χ4n) is 0.555. The molecule has 20 heavy (non-hydrogen) atoms. The van der Waals surface area contributed by atoms with Gasteiger partial charge in [-0.1, -0.05) is 6.92 Å². The molecule has 0 saturated carbocycles. The molecular formula is C11H26ClN4NaO3. The first-order valence-electron chi connectivity index (χ1n) is 6.01. The normalized spacial score (nSPS) is 11.8. The largest absolute Gasteiger partial charge is 1.00 e. The molecular weight excluding hydrogens is 295 g/mol. The van der Waals surface area contributed by atoms with Crippen molar-refractivity contribution in [3.8, 4) is 0 Å². The molecule has 1 saturated heterocycles. The van der Waals surface area contributed by atoms with Crippen LogP contribution in [0.3, 0.4) is 0 Å². The van der Waals surface area contributed by atoms with Crippen molar-refractivity contribution in [1.29, 1.82) is 0 Å². The quantitative estimate of drug-likeness (QED) is 0.297. The number of carbonyl (C=O) groups excluding carboxylic acids is 2. The van der Waals surface area contributed by atoms with E-state index in [1.807, 2.05) is 0 Å². The SMILES string of the molecule is CC(=O)CCl.CC[O-].NCCN.O=C1CNCCN1.[Na+]. The fourth-order valence-corrected chi connectivity index (χ4v) is 0.555. The zero-order valence-electron chi connectivity index (χ0n) is 12.7. The standard InChI is InChI=1S/C4H8N2O.C3H5ClO.C2H8N2.C2H5O.Na/c7-4-3-5-1-2-6-4;1-3(5)2-4;3-1-2-4;1-2-3;/h5H,1-3H2,(H,6,7);2H2,1H3;1-4H2;2H2,1H3;/q;;;-1;+1. The van der Waals surface area contributed by atoms with E-state index in [2.05, 4.69) is 10.6 Å². The van der Waals surface area contributed by atoms with Crippen LogP contribution in [0.5, 0.6) is 0 Å². The Bertz CT molecular complexity index is 202. The molecule has 1 aliphatic heterocycles. The van der Waals surface area contributed by atoms with E-state index in [0.29, 0.717) is 19.6 Å². The number of Topliss-reactive ketones (excluding diaryl/α,β-unsaturated/α-hetero) is 1. The van der Waals surface area contributed by atoms with E-state index < -0.39 is 0 Å². The molecule has 1 heterocycles. The third-order valence-electron chi connectivity index (χ3n) is 1.26. The fraction of sp³-hybridized carbons (Fsp3) is 0.818. The van der Waals surface area contributed by atoms with Crippen LogP contribution in [0.4, 0.5) is 0 Å². The topological polar surface area (TPSA) is 133 Å². The van der Waals surface area contributed by atoms with Gasteiger partial charge in [0.2, 0.25) is 5.91 Å². The number of piperazine rings is 1. The molecule has 0 radical (unpaired) electrons. The van der Waals surface area contributed by atoms with Crippen LogP contribution in [0, 0.1) is 0 Å². The van der Waals surface area contributed by atoms with E-state index in [1.165, 1.54) is 6.92 Å². The maximum atomic E-state index is 10.3. The van der Waals surface area contributed by atoms with Gasteiger partial charge in [-0.2, -0.15) is 0 Å².